The van der Waals surface area contributed by atoms with Gasteiger partial charge in [0.15, 0.2) is 0 Å². The zero-order valence-corrected chi connectivity index (χ0v) is 13.3. The highest BCUT2D eigenvalue weighted by atomic mass is 79.9. The Kier molecular flexibility index (Phi) is 5.93. The zero-order valence-electron chi connectivity index (χ0n) is 11.8. The molecule has 0 bridgehead atoms. The Morgan fingerprint density at radius 2 is 2.00 bits per heavy atom. The van der Waals surface area contributed by atoms with Gasteiger partial charge < -0.3 is 5.32 Å². The number of piperidine rings is 1. The first-order valence-electron chi connectivity index (χ1n) is 7.11. The van der Waals surface area contributed by atoms with Gasteiger partial charge in [0.2, 0.25) is 0 Å². The van der Waals surface area contributed by atoms with Crippen LogP contribution >= 0.6 is 15.9 Å². The highest BCUT2D eigenvalue weighted by molar-refractivity contribution is 9.10. The summed E-state index contributed by atoms with van der Waals surface area (Å²) in [4.78, 5) is 2.14. The fourth-order valence-corrected chi connectivity index (χ4v) is 3.09. The molecule has 20 heavy (non-hydrogen) atoms. The summed E-state index contributed by atoms with van der Waals surface area (Å²) in [5.41, 5.74) is 0.174. The van der Waals surface area contributed by atoms with Crippen LogP contribution in [0.25, 0.3) is 0 Å². The summed E-state index contributed by atoms with van der Waals surface area (Å²) in [6, 6.07) is 2.74. The number of nitrogens with zero attached hydrogens (tertiary/aromatic N) is 1. The van der Waals surface area contributed by atoms with Crippen LogP contribution in [0, 0.1) is 17.6 Å². The molecule has 0 aliphatic carbocycles. The van der Waals surface area contributed by atoms with Gasteiger partial charge in [-0.2, -0.15) is 0 Å². The first-order chi connectivity index (χ1) is 9.61. The van der Waals surface area contributed by atoms with Crippen molar-refractivity contribution in [3.05, 3.63) is 33.8 Å². The minimum absolute atomic E-state index is 0.174. The van der Waals surface area contributed by atoms with Crippen molar-refractivity contribution in [2.75, 3.05) is 26.7 Å². The molecular formula is C15H21BrF2N2. The molecule has 5 heteroatoms. The standard InChI is InChI=1S/C15H21BrF2N2/c1-19-7-4-11-5-8-20(9-6-11)10-12-14(17)3-2-13(16)15(12)18/h2-3,11,19H,4-10H2,1H3. The van der Waals surface area contributed by atoms with Crippen molar-refractivity contribution >= 4 is 15.9 Å². The van der Waals surface area contributed by atoms with E-state index in [1.165, 1.54) is 18.6 Å². The Balaban J connectivity index is 1.91. The van der Waals surface area contributed by atoms with Crippen molar-refractivity contribution in [1.82, 2.24) is 10.2 Å². The molecule has 1 aliphatic rings. The zero-order chi connectivity index (χ0) is 14.5. The lowest BCUT2D eigenvalue weighted by molar-refractivity contribution is 0.169. The normalized spacial score (nSPS) is 17.6. The number of nitrogens with one attached hydrogen (secondary N) is 1. The number of rotatable bonds is 5. The van der Waals surface area contributed by atoms with E-state index in [2.05, 4.69) is 26.1 Å². The molecule has 1 aromatic carbocycles. The monoisotopic (exact) mass is 346 g/mol. The van der Waals surface area contributed by atoms with Crippen molar-refractivity contribution in [3.63, 3.8) is 0 Å². The summed E-state index contributed by atoms with van der Waals surface area (Å²) in [5.74, 6) is -0.193. The minimum Gasteiger partial charge on any atom is -0.320 e. The van der Waals surface area contributed by atoms with Crippen molar-refractivity contribution in [3.8, 4) is 0 Å². The maximum Gasteiger partial charge on any atom is 0.144 e. The van der Waals surface area contributed by atoms with E-state index in [9.17, 15) is 8.78 Å². The van der Waals surface area contributed by atoms with Crippen molar-refractivity contribution < 1.29 is 8.78 Å². The molecule has 1 saturated heterocycles. The Hall–Kier alpha value is -0.520. The topological polar surface area (TPSA) is 15.3 Å². The highest BCUT2D eigenvalue weighted by Gasteiger charge is 2.21. The third-order valence-corrected chi connectivity index (χ3v) is 4.64. The Morgan fingerprint density at radius 3 is 2.65 bits per heavy atom. The van der Waals surface area contributed by atoms with Crippen molar-refractivity contribution in [2.45, 2.75) is 25.8 Å². The van der Waals surface area contributed by atoms with Crippen LogP contribution in [-0.2, 0) is 6.54 Å². The summed E-state index contributed by atoms with van der Waals surface area (Å²) >= 11 is 3.12. The Labute approximate surface area is 127 Å². The van der Waals surface area contributed by atoms with Crippen LogP contribution in [0.5, 0.6) is 0 Å². The van der Waals surface area contributed by atoms with E-state index in [1.54, 1.807) is 0 Å². The van der Waals surface area contributed by atoms with E-state index in [4.69, 9.17) is 0 Å². The van der Waals surface area contributed by atoms with Crippen LogP contribution in [0.4, 0.5) is 8.78 Å². The average Bonchev–Trinajstić information content (AvgIpc) is 2.47. The second-order valence-corrected chi connectivity index (χ2v) is 6.29. The molecular weight excluding hydrogens is 326 g/mol. The van der Waals surface area contributed by atoms with Crippen LogP contribution in [0.1, 0.15) is 24.8 Å². The predicted molar refractivity (Wildman–Crippen MR) is 80.6 cm³/mol. The average molecular weight is 347 g/mol. The fraction of sp³-hybridized carbons (Fsp3) is 0.600. The quantitative estimate of drug-likeness (QED) is 0.820. The number of hydrogen-bond acceptors (Lipinski definition) is 2. The molecule has 0 atom stereocenters. The van der Waals surface area contributed by atoms with E-state index >= 15 is 0 Å². The van der Waals surface area contributed by atoms with Gasteiger partial charge in [-0.25, -0.2) is 8.78 Å². The van der Waals surface area contributed by atoms with Gasteiger partial charge in [0, 0.05) is 12.1 Å². The number of likely N-dealkylation sites (tertiary alicyclic amines) is 1. The van der Waals surface area contributed by atoms with Crippen LogP contribution < -0.4 is 5.32 Å². The lowest BCUT2D eigenvalue weighted by atomic mass is 9.93. The molecule has 0 amide bonds. The lowest BCUT2D eigenvalue weighted by Gasteiger charge is -2.32. The molecule has 0 unspecified atom stereocenters. The molecule has 1 heterocycles. The first kappa shape index (κ1) is 15.9. The summed E-state index contributed by atoms with van der Waals surface area (Å²) in [5, 5.41) is 3.17. The third kappa shape index (κ3) is 3.99. The highest BCUT2D eigenvalue weighted by Crippen LogP contribution is 2.26. The molecule has 1 fully saturated rings. The molecule has 0 spiro atoms. The third-order valence-electron chi connectivity index (χ3n) is 4.03. The van der Waals surface area contributed by atoms with Gasteiger partial charge in [0.25, 0.3) is 0 Å². The van der Waals surface area contributed by atoms with E-state index in [-0.39, 0.29) is 5.56 Å². The predicted octanol–water partition coefficient (Wildman–Crippen LogP) is 3.55. The largest absolute Gasteiger partial charge is 0.320 e. The van der Waals surface area contributed by atoms with Gasteiger partial charge in [0.05, 0.1) is 4.47 Å². The number of hydrogen-bond donors (Lipinski definition) is 1. The van der Waals surface area contributed by atoms with Crippen LogP contribution in [-0.4, -0.2) is 31.6 Å². The van der Waals surface area contributed by atoms with E-state index in [1.807, 2.05) is 7.05 Å². The second kappa shape index (κ2) is 7.48. The first-order valence-corrected chi connectivity index (χ1v) is 7.90. The molecule has 0 saturated carbocycles. The molecule has 2 rings (SSSR count). The van der Waals surface area contributed by atoms with Crippen molar-refractivity contribution in [1.29, 1.82) is 0 Å². The molecule has 1 N–H and O–H groups in total. The summed E-state index contributed by atoms with van der Waals surface area (Å²) in [6.07, 6.45) is 3.40. The van der Waals surface area contributed by atoms with Crippen LogP contribution in [0.3, 0.4) is 0 Å². The smallest absolute Gasteiger partial charge is 0.144 e. The van der Waals surface area contributed by atoms with Crippen LogP contribution in [0.15, 0.2) is 16.6 Å². The second-order valence-electron chi connectivity index (χ2n) is 5.43. The molecule has 0 radical (unpaired) electrons. The Bertz CT molecular complexity index is 446. The molecule has 112 valence electrons. The van der Waals surface area contributed by atoms with Gasteiger partial charge in [-0.05, 0) is 79.9 Å². The van der Waals surface area contributed by atoms with Gasteiger partial charge in [-0.3, -0.25) is 4.90 Å². The van der Waals surface area contributed by atoms with E-state index < -0.39 is 11.6 Å². The minimum atomic E-state index is -0.470. The summed E-state index contributed by atoms with van der Waals surface area (Å²) in [7, 11) is 1.97. The number of halogens is 3. The maximum atomic E-state index is 13.9. The molecule has 2 nitrogen and oxygen atoms in total. The van der Waals surface area contributed by atoms with Gasteiger partial charge in [-0.1, -0.05) is 0 Å². The Morgan fingerprint density at radius 1 is 1.30 bits per heavy atom. The fourth-order valence-electron chi connectivity index (χ4n) is 2.72. The molecule has 1 aliphatic heterocycles. The van der Waals surface area contributed by atoms with Gasteiger partial charge in [0.1, 0.15) is 11.6 Å². The lowest BCUT2D eigenvalue weighted by Crippen LogP contribution is -2.34. The van der Waals surface area contributed by atoms with Gasteiger partial charge in [-0.15, -0.1) is 0 Å². The molecule has 1 aromatic rings. The van der Waals surface area contributed by atoms with Crippen LogP contribution in [0.2, 0.25) is 0 Å². The maximum absolute atomic E-state index is 13.9. The molecule has 0 aromatic heterocycles. The van der Waals surface area contributed by atoms with E-state index in [0.29, 0.717) is 11.0 Å². The SMILES string of the molecule is CNCCC1CCN(Cc2c(F)ccc(Br)c2F)CC1. The summed E-state index contributed by atoms with van der Waals surface area (Å²) < 4.78 is 28.0. The van der Waals surface area contributed by atoms with Crippen molar-refractivity contribution in [2.24, 2.45) is 5.92 Å². The van der Waals surface area contributed by atoms with Gasteiger partial charge >= 0.3 is 0 Å². The number of benzene rings is 1. The summed E-state index contributed by atoms with van der Waals surface area (Å²) in [6.45, 7) is 3.23. The van der Waals surface area contributed by atoms with E-state index in [0.717, 1.165) is 38.4 Å².